The number of hydrogen-bond acceptors (Lipinski definition) is 3. The predicted molar refractivity (Wildman–Crippen MR) is 85.9 cm³/mol. The standard InChI is InChI=1S/C15H19Cl2N3O/c16-12-7-11(8-13(18)14(12)17)15(21)20-5-3-19(4-6-20)9-10-1-2-10/h7-8,10H,1-6,9,18H2. The van der Waals surface area contributed by atoms with E-state index in [0.717, 1.165) is 32.1 Å². The second kappa shape index (κ2) is 6.03. The first kappa shape index (κ1) is 14.9. The van der Waals surface area contributed by atoms with Crippen LogP contribution in [0.15, 0.2) is 12.1 Å². The van der Waals surface area contributed by atoms with Gasteiger partial charge >= 0.3 is 0 Å². The Bertz CT molecular complexity index is 529. The van der Waals surface area contributed by atoms with Crippen LogP contribution in [-0.4, -0.2) is 48.4 Å². The zero-order valence-electron chi connectivity index (χ0n) is 11.8. The van der Waals surface area contributed by atoms with Gasteiger partial charge in [-0.1, -0.05) is 23.2 Å². The summed E-state index contributed by atoms with van der Waals surface area (Å²) in [6.45, 7) is 4.58. The molecule has 114 valence electrons. The third-order valence-electron chi connectivity index (χ3n) is 4.18. The van der Waals surface area contributed by atoms with Gasteiger partial charge in [0.2, 0.25) is 0 Å². The molecule has 1 saturated heterocycles. The number of benzene rings is 1. The van der Waals surface area contributed by atoms with Gasteiger partial charge < -0.3 is 10.6 Å². The molecular formula is C15H19Cl2N3O. The SMILES string of the molecule is Nc1cc(C(=O)N2CCN(CC3CC3)CC2)cc(Cl)c1Cl. The maximum Gasteiger partial charge on any atom is 0.254 e. The van der Waals surface area contributed by atoms with E-state index in [2.05, 4.69) is 4.90 Å². The lowest BCUT2D eigenvalue weighted by molar-refractivity contribution is 0.0632. The first-order valence-electron chi connectivity index (χ1n) is 7.30. The van der Waals surface area contributed by atoms with Crippen molar-refractivity contribution < 1.29 is 4.79 Å². The van der Waals surface area contributed by atoms with E-state index in [1.807, 2.05) is 4.90 Å². The maximum atomic E-state index is 12.5. The number of amides is 1. The van der Waals surface area contributed by atoms with Gasteiger partial charge in [-0.05, 0) is 30.9 Å². The first-order valence-corrected chi connectivity index (χ1v) is 8.06. The molecule has 3 rings (SSSR count). The Hall–Kier alpha value is -0.970. The molecule has 1 aliphatic carbocycles. The van der Waals surface area contributed by atoms with Gasteiger partial charge in [0.05, 0.1) is 15.7 Å². The van der Waals surface area contributed by atoms with Crippen LogP contribution in [0.3, 0.4) is 0 Å². The van der Waals surface area contributed by atoms with Crippen LogP contribution in [0.1, 0.15) is 23.2 Å². The number of anilines is 1. The summed E-state index contributed by atoms with van der Waals surface area (Å²) in [6.07, 6.45) is 2.73. The number of carbonyl (C=O) groups excluding carboxylic acids is 1. The summed E-state index contributed by atoms with van der Waals surface area (Å²) in [5.41, 5.74) is 6.64. The van der Waals surface area contributed by atoms with Crippen molar-refractivity contribution in [1.82, 2.24) is 9.80 Å². The van der Waals surface area contributed by atoms with Gasteiger partial charge in [0.25, 0.3) is 5.91 Å². The Kier molecular flexibility index (Phi) is 4.29. The smallest absolute Gasteiger partial charge is 0.254 e. The van der Waals surface area contributed by atoms with Crippen LogP contribution in [0.4, 0.5) is 5.69 Å². The molecule has 0 spiro atoms. The minimum Gasteiger partial charge on any atom is -0.397 e. The number of piperazine rings is 1. The molecule has 0 unspecified atom stereocenters. The van der Waals surface area contributed by atoms with E-state index >= 15 is 0 Å². The molecule has 0 radical (unpaired) electrons. The van der Waals surface area contributed by atoms with Gasteiger partial charge in [0.1, 0.15) is 0 Å². The summed E-state index contributed by atoms with van der Waals surface area (Å²) in [5, 5.41) is 0.634. The Balaban J connectivity index is 1.63. The lowest BCUT2D eigenvalue weighted by atomic mass is 10.1. The lowest BCUT2D eigenvalue weighted by Gasteiger charge is -2.34. The number of nitrogens with zero attached hydrogens (tertiary/aromatic N) is 2. The summed E-state index contributed by atoms with van der Waals surface area (Å²) < 4.78 is 0. The first-order chi connectivity index (χ1) is 10.0. The fourth-order valence-electron chi connectivity index (χ4n) is 2.72. The quantitative estimate of drug-likeness (QED) is 0.868. The molecule has 1 aromatic rings. The Labute approximate surface area is 134 Å². The summed E-state index contributed by atoms with van der Waals surface area (Å²) in [5.74, 6) is 0.869. The molecule has 1 heterocycles. The van der Waals surface area contributed by atoms with Crippen LogP contribution < -0.4 is 5.73 Å². The summed E-state index contributed by atoms with van der Waals surface area (Å²) in [7, 11) is 0. The fraction of sp³-hybridized carbons (Fsp3) is 0.533. The third kappa shape index (κ3) is 3.44. The Morgan fingerprint density at radius 1 is 1.19 bits per heavy atom. The molecule has 6 heteroatoms. The highest BCUT2D eigenvalue weighted by atomic mass is 35.5. The van der Waals surface area contributed by atoms with Gasteiger partial charge in [-0.25, -0.2) is 0 Å². The van der Waals surface area contributed by atoms with Crippen molar-refractivity contribution in [2.75, 3.05) is 38.5 Å². The number of nitrogen functional groups attached to an aromatic ring is 1. The van der Waals surface area contributed by atoms with E-state index in [0.29, 0.717) is 21.3 Å². The van der Waals surface area contributed by atoms with Crippen LogP contribution in [0, 0.1) is 5.92 Å². The van der Waals surface area contributed by atoms with Crippen molar-refractivity contribution in [2.45, 2.75) is 12.8 Å². The highest BCUT2D eigenvalue weighted by Crippen LogP contribution is 2.31. The molecule has 1 saturated carbocycles. The summed E-state index contributed by atoms with van der Waals surface area (Å²) in [6, 6.07) is 3.20. The minimum atomic E-state index is -0.0219. The monoisotopic (exact) mass is 327 g/mol. The second-order valence-corrected chi connectivity index (χ2v) is 6.68. The lowest BCUT2D eigenvalue weighted by Crippen LogP contribution is -2.49. The normalized spacial score (nSPS) is 19.8. The predicted octanol–water partition coefficient (Wildman–Crippen LogP) is 2.74. The largest absolute Gasteiger partial charge is 0.397 e. The molecule has 0 atom stereocenters. The molecule has 1 amide bonds. The molecule has 2 N–H and O–H groups in total. The molecule has 4 nitrogen and oxygen atoms in total. The molecule has 21 heavy (non-hydrogen) atoms. The number of carbonyl (C=O) groups is 1. The molecule has 1 aromatic carbocycles. The van der Waals surface area contributed by atoms with Gasteiger partial charge in [-0.2, -0.15) is 0 Å². The van der Waals surface area contributed by atoms with E-state index in [1.165, 1.54) is 19.4 Å². The molecule has 0 aromatic heterocycles. The average molecular weight is 328 g/mol. The number of hydrogen-bond donors (Lipinski definition) is 1. The van der Waals surface area contributed by atoms with Crippen LogP contribution in [-0.2, 0) is 0 Å². The zero-order valence-corrected chi connectivity index (χ0v) is 13.3. The molecular weight excluding hydrogens is 309 g/mol. The summed E-state index contributed by atoms with van der Waals surface area (Å²) >= 11 is 11.9. The van der Waals surface area contributed by atoms with Crippen LogP contribution >= 0.6 is 23.2 Å². The number of halogens is 2. The van der Waals surface area contributed by atoms with E-state index in [1.54, 1.807) is 12.1 Å². The van der Waals surface area contributed by atoms with Gasteiger partial charge in [-0.3, -0.25) is 9.69 Å². The van der Waals surface area contributed by atoms with Crippen LogP contribution in [0.25, 0.3) is 0 Å². The molecule has 2 fully saturated rings. The van der Waals surface area contributed by atoms with Gasteiger partial charge in [0.15, 0.2) is 0 Å². The summed E-state index contributed by atoms with van der Waals surface area (Å²) in [4.78, 5) is 16.8. The highest BCUT2D eigenvalue weighted by Gasteiger charge is 2.28. The van der Waals surface area contributed by atoms with Crippen molar-refractivity contribution in [1.29, 1.82) is 0 Å². The van der Waals surface area contributed by atoms with Crippen molar-refractivity contribution in [3.63, 3.8) is 0 Å². The van der Waals surface area contributed by atoms with E-state index in [9.17, 15) is 4.79 Å². The minimum absolute atomic E-state index is 0.0219. The average Bonchev–Trinajstić information content (AvgIpc) is 3.28. The maximum absolute atomic E-state index is 12.5. The second-order valence-electron chi connectivity index (χ2n) is 5.90. The fourth-order valence-corrected chi connectivity index (χ4v) is 3.05. The van der Waals surface area contributed by atoms with Crippen molar-refractivity contribution in [3.8, 4) is 0 Å². The van der Waals surface area contributed by atoms with E-state index < -0.39 is 0 Å². The van der Waals surface area contributed by atoms with Crippen LogP contribution in [0.2, 0.25) is 10.0 Å². The Morgan fingerprint density at radius 2 is 1.86 bits per heavy atom. The zero-order chi connectivity index (χ0) is 15.0. The topological polar surface area (TPSA) is 49.6 Å². The van der Waals surface area contributed by atoms with E-state index in [-0.39, 0.29) is 5.91 Å². The van der Waals surface area contributed by atoms with Crippen molar-refractivity contribution >= 4 is 34.8 Å². The van der Waals surface area contributed by atoms with Crippen LogP contribution in [0.5, 0.6) is 0 Å². The molecule has 1 aliphatic heterocycles. The van der Waals surface area contributed by atoms with Gasteiger partial charge in [0, 0.05) is 38.3 Å². The Morgan fingerprint density at radius 3 is 2.43 bits per heavy atom. The molecule has 2 aliphatic rings. The number of rotatable bonds is 3. The third-order valence-corrected chi connectivity index (χ3v) is 4.99. The van der Waals surface area contributed by atoms with Crippen molar-refractivity contribution in [3.05, 3.63) is 27.7 Å². The highest BCUT2D eigenvalue weighted by molar-refractivity contribution is 6.43. The number of nitrogens with two attached hydrogens (primary N) is 1. The molecule has 0 bridgehead atoms. The van der Waals surface area contributed by atoms with E-state index in [4.69, 9.17) is 28.9 Å². The van der Waals surface area contributed by atoms with Gasteiger partial charge in [-0.15, -0.1) is 0 Å². The van der Waals surface area contributed by atoms with Crippen molar-refractivity contribution in [2.24, 2.45) is 5.92 Å².